The Labute approximate surface area is 88.1 Å². The van der Waals surface area contributed by atoms with E-state index in [9.17, 15) is 0 Å². The fraction of sp³-hybridized carbons (Fsp3) is 0.500. The van der Waals surface area contributed by atoms with Gasteiger partial charge < -0.3 is 4.90 Å². The van der Waals surface area contributed by atoms with Crippen LogP contribution in [-0.4, -0.2) is 35.4 Å². The van der Waals surface area contributed by atoms with E-state index in [0.29, 0.717) is 0 Å². The summed E-state index contributed by atoms with van der Waals surface area (Å²) < 4.78 is 0. The SMILES string of the molecule is CN(CCBr)CCc1ccncc1. The topological polar surface area (TPSA) is 16.1 Å². The largest absolute Gasteiger partial charge is 0.305 e. The van der Waals surface area contributed by atoms with E-state index in [2.05, 4.69) is 45.0 Å². The third-order valence-electron chi connectivity index (χ3n) is 2.00. The van der Waals surface area contributed by atoms with Gasteiger partial charge in [-0.15, -0.1) is 0 Å². The molecule has 0 aliphatic carbocycles. The van der Waals surface area contributed by atoms with Gasteiger partial charge in [0.15, 0.2) is 0 Å². The Morgan fingerprint density at radius 3 is 2.62 bits per heavy atom. The molecule has 0 saturated heterocycles. The lowest BCUT2D eigenvalue weighted by Gasteiger charge is -2.14. The van der Waals surface area contributed by atoms with Crippen LogP contribution in [0.15, 0.2) is 24.5 Å². The van der Waals surface area contributed by atoms with E-state index in [0.717, 1.165) is 24.8 Å². The molecule has 2 nitrogen and oxygen atoms in total. The Hall–Kier alpha value is -0.410. The highest BCUT2D eigenvalue weighted by atomic mass is 79.9. The molecule has 0 amide bonds. The second-order valence-corrected chi connectivity index (χ2v) is 3.89. The molecule has 13 heavy (non-hydrogen) atoms. The molecule has 0 aromatic carbocycles. The van der Waals surface area contributed by atoms with Crippen LogP contribution >= 0.6 is 15.9 Å². The van der Waals surface area contributed by atoms with Crippen molar-refractivity contribution in [1.82, 2.24) is 9.88 Å². The normalized spacial score (nSPS) is 10.7. The summed E-state index contributed by atoms with van der Waals surface area (Å²) in [5.41, 5.74) is 1.36. The second-order valence-electron chi connectivity index (χ2n) is 3.10. The molecule has 0 saturated carbocycles. The van der Waals surface area contributed by atoms with E-state index in [1.54, 1.807) is 0 Å². The van der Waals surface area contributed by atoms with E-state index >= 15 is 0 Å². The van der Waals surface area contributed by atoms with Crippen LogP contribution in [0.3, 0.4) is 0 Å². The highest BCUT2D eigenvalue weighted by molar-refractivity contribution is 9.09. The average molecular weight is 243 g/mol. The van der Waals surface area contributed by atoms with Gasteiger partial charge in [-0.2, -0.15) is 0 Å². The second kappa shape index (κ2) is 6.11. The van der Waals surface area contributed by atoms with Crippen LogP contribution < -0.4 is 0 Å². The highest BCUT2D eigenvalue weighted by Gasteiger charge is 1.97. The Kier molecular flexibility index (Phi) is 5.01. The van der Waals surface area contributed by atoms with Crippen LogP contribution in [0.2, 0.25) is 0 Å². The van der Waals surface area contributed by atoms with Gasteiger partial charge in [0.2, 0.25) is 0 Å². The molecule has 0 N–H and O–H groups in total. The summed E-state index contributed by atoms with van der Waals surface area (Å²) >= 11 is 3.42. The summed E-state index contributed by atoms with van der Waals surface area (Å²) in [6.07, 6.45) is 4.80. The Morgan fingerprint density at radius 1 is 1.31 bits per heavy atom. The molecule has 0 unspecified atom stereocenters. The maximum atomic E-state index is 3.99. The van der Waals surface area contributed by atoms with Gasteiger partial charge in [-0.05, 0) is 31.2 Å². The first kappa shape index (κ1) is 10.7. The fourth-order valence-corrected chi connectivity index (χ4v) is 1.73. The number of pyridine rings is 1. The van der Waals surface area contributed by atoms with Gasteiger partial charge in [0.05, 0.1) is 0 Å². The molecule has 3 heteroatoms. The third kappa shape index (κ3) is 4.39. The predicted octanol–water partition coefficient (Wildman–Crippen LogP) is 1.95. The first-order chi connectivity index (χ1) is 6.33. The Morgan fingerprint density at radius 2 is 2.00 bits per heavy atom. The number of alkyl halides is 1. The van der Waals surface area contributed by atoms with Crippen molar-refractivity contribution in [2.75, 3.05) is 25.5 Å². The maximum Gasteiger partial charge on any atom is 0.0270 e. The molecular weight excluding hydrogens is 228 g/mol. The zero-order valence-corrected chi connectivity index (χ0v) is 9.50. The summed E-state index contributed by atoms with van der Waals surface area (Å²) in [6.45, 7) is 2.21. The number of likely N-dealkylation sites (N-methyl/N-ethyl adjacent to an activating group) is 1. The molecule has 0 aliphatic heterocycles. The van der Waals surface area contributed by atoms with Crippen molar-refractivity contribution in [2.24, 2.45) is 0 Å². The lowest BCUT2D eigenvalue weighted by Crippen LogP contribution is -2.23. The molecule has 0 aliphatic rings. The summed E-state index contributed by atoms with van der Waals surface area (Å²) in [7, 11) is 2.14. The van der Waals surface area contributed by atoms with E-state index in [1.807, 2.05) is 12.4 Å². The van der Waals surface area contributed by atoms with Gasteiger partial charge in [0.25, 0.3) is 0 Å². The van der Waals surface area contributed by atoms with Crippen LogP contribution in [0, 0.1) is 0 Å². The van der Waals surface area contributed by atoms with Crippen molar-refractivity contribution >= 4 is 15.9 Å². The van der Waals surface area contributed by atoms with E-state index in [-0.39, 0.29) is 0 Å². The monoisotopic (exact) mass is 242 g/mol. The first-order valence-electron chi connectivity index (χ1n) is 4.46. The first-order valence-corrected chi connectivity index (χ1v) is 5.58. The van der Waals surface area contributed by atoms with Gasteiger partial charge in [-0.25, -0.2) is 0 Å². The summed E-state index contributed by atoms with van der Waals surface area (Å²) in [5, 5.41) is 1.04. The van der Waals surface area contributed by atoms with Crippen molar-refractivity contribution in [1.29, 1.82) is 0 Å². The van der Waals surface area contributed by atoms with Crippen LogP contribution in [-0.2, 0) is 6.42 Å². The van der Waals surface area contributed by atoms with E-state index in [1.165, 1.54) is 5.56 Å². The Bertz CT molecular complexity index is 226. The smallest absolute Gasteiger partial charge is 0.0270 e. The highest BCUT2D eigenvalue weighted by Crippen LogP contribution is 1.98. The average Bonchev–Trinajstić information content (AvgIpc) is 2.17. The van der Waals surface area contributed by atoms with E-state index in [4.69, 9.17) is 0 Å². The molecule has 72 valence electrons. The van der Waals surface area contributed by atoms with Crippen molar-refractivity contribution in [3.8, 4) is 0 Å². The van der Waals surface area contributed by atoms with Crippen molar-refractivity contribution < 1.29 is 0 Å². The summed E-state index contributed by atoms with van der Waals surface area (Å²) in [5.74, 6) is 0. The maximum absolute atomic E-state index is 3.99. The lowest BCUT2D eigenvalue weighted by atomic mass is 10.2. The number of nitrogens with zero attached hydrogens (tertiary/aromatic N) is 2. The van der Waals surface area contributed by atoms with Crippen LogP contribution in [0.5, 0.6) is 0 Å². The standard InChI is InChI=1S/C10H15BrN2/c1-13(9-5-11)8-4-10-2-6-12-7-3-10/h2-3,6-7H,4-5,8-9H2,1H3. The van der Waals surface area contributed by atoms with Crippen molar-refractivity contribution in [3.63, 3.8) is 0 Å². The van der Waals surface area contributed by atoms with Gasteiger partial charge in [-0.3, -0.25) is 4.98 Å². The number of halogens is 1. The number of rotatable bonds is 5. The minimum absolute atomic E-state index is 1.04. The van der Waals surface area contributed by atoms with Gasteiger partial charge in [-0.1, -0.05) is 15.9 Å². The summed E-state index contributed by atoms with van der Waals surface area (Å²) in [4.78, 5) is 6.30. The van der Waals surface area contributed by atoms with Gasteiger partial charge >= 0.3 is 0 Å². The predicted molar refractivity (Wildman–Crippen MR) is 59.2 cm³/mol. The zero-order valence-electron chi connectivity index (χ0n) is 7.91. The number of hydrogen-bond donors (Lipinski definition) is 0. The van der Waals surface area contributed by atoms with Crippen molar-refractivity contribution in [3.05, 3.63) is 30.1 Å². The molecule has 0 radical (unpaired) electrons. The molecular formula is C10H15BrN2. The molecule has 0 atom stereocenters. The fourth-order valence-electron chi connectivity index (χ4n) is 1.13. The van der Waals surface area contributed by atoms with Gasteiger partial charge in [0.1, 0.15) is 0 Å². The third-order valence-corrected chi connectivity index (χ3v) is 2.35. The molecule has 1 rings (SSSR count). The minimum Gasteiger partial charge on any atom is -0.305 e. The van der Waals surface area contributed by atoms with Crippen molar-refractivity contribution in [2.45, 2.75) is 6.42 Å². The number of hydrogen-bond acceptors (Lipinski definition) is 2. The molecule has 1 heterocycles. The molecule has 1 aromatic rings. The molecule has 1 aromatic heterocycles. The lowest BCUT2D eigenvalue weighted by molar-refractivity contribution is 0.361. The van der Waals surface area contributed by atoms with Crippen LogP contribution in [0.4, 0.5) is 0 Å². The minimum atomic E-state index is 1.04. The van der Waals surface area contributed by atoms with Crippen LogP contribution in [0.1, 0.15) is 5.56 Å². The zero-order chi connectivity index (χ0) is 9.52. The van der Waals surface area contributed by atoms with Gasteiger partial charge in [0, 0.05) is 30.8 Å². The molecule has 0 spiro atoms. The Balaban J connectivity index is 2.27. The summed E-state index contributed by atoms with van der Waals surface area (Å²) in [6, 6.07) is 4.14. The van der Waals surface area contributed by atoms with E-state index < -0.39 is 0 Å². The molecule has 0 fully saturated rings. The molecule has 0 bridgehead atoms. The van der Waals surface area contributed by atoms with Crippen LogP contribution in [0.25, 0.3) is 0 Å². The number of aromatic nitrogens is 1. The quantitative estimate of drug-likeness (QED) is 0.735.